The van der Waals surface area contributed by atoms with E-state index in [4.69, 9.17) is 0 Å². The van der Waals surface area contributed by atoms with Crippen molar-refractivity contribution in [3.63, 3.8) is 0 Å². The summed E-state index contributed by atoms with van der Waals surface area (Å²) in [4.78, 5) is 16.5. The maximum absolute atomic E-state index is 11.8. The van der Waals surface area contributed by atoms with Crippen LogP contribution in [0.2, 0.25) is 0 Å². The van der Waals surface area contributed by atoms with Crippen molar-refractivity contribution >= 4 is 27.6 Å². The van der Waals surface area contributed by atoms with Crippen LogP contribution in [-0.4, -0.2) is 49.2 Å². The predicted octanol–water partition coefficient (Wildman–Crippen LogP) is 3.10. The molecule has 2 fully saturated rings. The lowest BCUT2D eigenvalue weighted by Crippen LogP contribution is -2.44. The second kappa shape index (κ2) is 6.20. The zero-order chi connectivity index (χ0) is 15.7. The summed E-state index contributed by atoms with van der Waals surface area (Å²) in [6.45, 7) is 4.15. The number of rotatable bonds is 3. The fourth-order valence-corrected chi connectivity index (χ4v) is 4.34. The van der Waals surface area contributed by atoms with Crippen molar-refractivity contribution in [1.82, 2.24) is 4.90 Å². The molecule has 1 N–H and O–H groups in total. The Bertz CT molecular complexity index is 562. The molecule has 4 nitrogen and oxygen atoms in total. The van der Waals surface area contributed by atoms with Crippen molar-refractivity contribution in [1.29, 1.82) is 0 Å². The molecule has 0 bridgehead atoms. The first-order chi connectivity index (χ1) is 10.5. The molecule has 1 aliphatic heterocycles. The Balaban J connectivity index is 1.87. The standard InChI is InChI=1S/C17H23BrN2O2/c1-19-8-10-20(11-9-19)15-5-4-13(12-14(15)18)17(16(21)22)6-2-3-7-17/h4-5,12H,2-3,6-11H2,1H3,(H,21,22). The number of benzene rings is 1. The quantitative estimate of drug-likeness (QED) is 0.892. The lowest BCUT2D eigenvalue weighted by Gasteiger charge is -2.35. The number of nitrogens with zero attached hydrogens (tertiary/aromatic N) is 2. The van der Waals surface area contributed by atoms with E-state index in [1.54, 1.807) is 0 Å². The van der Waals surface area contributed by atoms with E-state index in [2.05, 4.69) is 38.8 Å². The maximum atomic E-state index is 11.8. The molecule has 1 saturated heterocycles. The van der Waals surface area contributed by atoms with Crippen LogP contribution in [0.15, 0.2) is 22.7 Å². The lowest BCUT2D eigenvalue weighted by atomic mass is 9.79. The van der Waals surface area contributed by atoms with E-state index < -0.39 is 11.4 Å². The molecule has 1 heterocycles. The normalized spacial score (nSPS) is 22.0. The van der Waals surface area contributed by atoms with Gasteiger partial charge in [0.2, 0.25) is 0 Å². The molecule has 1 aromatic rings. The van der Waals surface area contributed by atoms with Crippen molar-refractivity contribution < 1.29 is 9.90 Å². The molecule has 0 radical (unpaired) electrons. The van der Waals surface area contributed by atoms with Crippen LogP contribution in [-0.2, 0) is 10.2 Å². The lowest BCUT2D eigenvalue weighted by molar-refractivity contribution is -0.143. The van der Waals surface area contributed by atoms with E-state index >= 15 is 0 Å². The summed E-state index contributed by atoms with van der Waals surface area (Å²) in [6, 6.07) is 6.15. The van der Waals surface area contributed by atoms with E-state index in [0.29, 0.717) is 0 Å². The fourth-order valence-electron chi connectivity index (χ4n) is 3.71. The number of carboxylic acid groups (broad SMARTS) is 1. The fraction of sp³-hybridized carbons (Fsp3) is 0.588. The average molecular weight is 367 g/mol. The molecule has 0 atom stereocenters. The number of halogens is 1. The summed E-state index contributed by atoms with van der Waals surface area (Å²) in [5.41, 5.74) is 1.45. The number of likely N-dealkylation sites (N-methyl/N-ethyl adjacent to an activating group) is 1. The summed E-state index contributed by atoms with van der Waals surface area (Å²) < 4.78 is 1.02. The van der Waals surface area contributed by atoms with Gasteiger partial charge in [-0.15, -0.1) is 0 Å². The predicted molar refractivity (Wildman–Crippen MR) is 91.6 cm³/mol. The van der Waals surface area contributed by atoms with Gasteiger partial charge in [-0.2, -0.15) is 0 Å². The number of carbonyl (C=O) groups is 1. The van der Waals surface area contributed by atoms with Crippen LogP contribution in [0.1, 0.15) is 31.2 Å². The van der Waals surface area contributed by atoms with Gasteiger partial charge in [0.1, 0.15) is 0 Å². The second-order valence-corrected chi connectivity index (χ2v) is 7.41. The highest BCUT2D eigenvalue weighted by Gasteiger charge is 2.43. The van der Waals surface area contributed by atoms with Crippen LogP contribution < -0.4 is 4.90 Å². The second-order valence-electron chi connectivity index (χ2n) is 6.55. The Labute approximate surface area is 140 Å². The molecule has 0 amide bonds. The molecule has 0 unspecified atom stereocenters. The van der Waals surface area contributed by atoms with Crippen molar-refractivity contribution in [3.8, 4) is 0 Å². The van der Waals surface area contributed by atoms with Gasteiger partial charge in [-0.05, 0) is 53.5 Å². The molecule has 0 spiro atoms. The Kier molecular flexibility index (Phi) is 4.46. The van der Waals surface area contributed by atoms with Crippen molar-refractivity contribution in [3.05, 3.63) is 28.2 Å². The molecule has 1 aromatic carbocycles. The van der Waals surface area contributed by atoms with E-state index in [1.807, 2.05) is 12.1 Å². The van der Waals surface area contributed by atoms with Crippen LogP contribution in [0.25, 0.3) is 0 Å². The summed E-state index contributed by atoms with van der Waals surface area (Å²) in [5, 5.41) is 9.72. The number of aliphatic carboxylic acids is 1. The molecule has 22 heavy (non-hydrogen) atoms. The van der Waals surface area contributed by atoms with Crippen LogP contribution in [0.3, 0.4) is 0 Å². The Morgan fingerprint density at radius 3 is 2.36 bits per heavy atom. The van der Waals surface area contributed by atoms with Gasteiger partial charge in [-0.3, -0.25) is 4.79 Å². The molecule has 0 aromatic heterocycles. The minimum absolute atomic E-state index is 0.677. The van der Waals surface area contributed by atoms with Crippen molar-refractivity contribution in [2.75, 3.05) is 38.1 Å². The molecule has 2 aliphatic rings. The van der Waals surface area contributed by atoms with E-state index in [9.17, 15) is 9.90 Å². The molecule has 5 heteroatoms. The van der Waals surface area contributed by atoms with Crippen LogP contribution >= 0.6 is 15.9 Å². The third-order valence-corrected chi connectivity index (χ3v) is 5.85. The first-order valence-electron chi connectivity index (χ1n) is 8.00. The van der Waals surface area contributed by atoms with E-state index in [1.165, 1.54) is 5.69 Å². The van der Waals surface area contributed by atoms with Crippen LogP contribution in [0.5, 0.6) is 0 Å². The molecular formula is C17H23BrN2O2. The molecule has 120 valence electrons. The Morgan fingerprint density at radius 2 is 1.82 bits per heavy atom. The molecule has 3 rings (SSSR count). The smallest absolute Gasteiger partial charge is 0.314 e. The monoisotopic (exact) mass is 366 g/mol. The van der Waals surface area contributed by atoms with Gasteiger partial charge >= 0.3 is 5.97 Å². The number of anilines is 1. The third-order valence-electron chi connectivity index (χ3n) is 5.21. The number of hydrogen-bond acceptors (Lipinski definition) is 3. The van der Waals surface area contributed by atoms with Gasteiger partial charge in [0.05, 0.1) is 11.1 Å². The molecule has 1 saturated carbocycles. The Hall–Kier alpha value is -1.07. The number of carboxylic acids is 1. The minimum atomic E-state index is -0.677. The summed E-state index contributed by atoms with van der Waals surface area (Å²) in [7, 11) is 2.15. The van der Waals surface area contributed by atoms with Crippen molar-refractivity contribution in [2.45, 2.75) is 31.1 Å². The highest BCUT2D eigenvalue weighted by Crippen LogP contribution is 2.43. The molecule has 1 aliphatic carbocycles. The maximum Gasteiger partial charge on any atom is 0.314 e. The van der Waals surface area contributed by atoms with Crippen LogP contribution in [0.4, 0.5) is 5.69 Å². The minimum Gasteiger partial charge on any atom is -0.481 e. The highest BCUT2D eigenvalue weighted by atomic mass is 79.9. The first-order valence-corrected chi connectivity index (χ1v) is 8.79. The zero-order valence-electron chi connectivity index (χ0n) is 13.0. The van der Waals surface area contributed by atoms with Crippen molar-refractivity contribution in [2.24, 2.45) is 0 Å². The Morgan fingerprint density at radius 1 is 1.18 bits per heavy atom. The summed E-state index contributed by atoms with van der Waals surface area (Å²) >= 11 is 3.67. The van der Waals surface area contributed by atoms with Gasteiger partial charge < -0.3 is 14.9 Å². The van der Waals surface area contributed by atoms with Gasteiger partial charge in [-0.25, -0.2) is 0 Å². The average Bonchev–Trinajstić information content (AvgIpc) is 2.99. The number of hydrogen-bond donors (Lipinski definition) is 1. The van der Waals surface area contributed by atoms with Crippen LogP contribution in [0, 0.1) is 0 Å². The van der Waals surface area contributed by atoms with E-state index in [-0.39, 0.29) is 0 Å². The van der Waals surface area contributed by atoms with E-state index in [0.717, 1.165) is 61.9 Å². The first kappa shape index (κ1) is 15.8. The van der Waals surface area contributed by atoms with Gasteiger partial charge in [0.15, 0.2) is 0 Å². The summed E-state index contributed by atoms with van der Waals surface area (Å²) in [6.07, 6.45) is 3.51. The largest absolute Gasteiger partial charge is 0.481 e. The molecular weight excluding hydrogens is 344 g/mol. The van der Waals surface area contributed by atoms with Gasteiger partial charge in [0, 0.05) is 30.7 Å². The zero-order valence-corrected chi connectivity index (χ0v) is 14.6. The highest BCUT2D eigenvalue weighted by molar-refractivity contribution is 9.10. The van der Waals surface area contributed by atoms with Gasteiger partial charge in [0.25, 0.3) is 0 Å². The van der Waals surface area contributed by atoms with Gasteiger partial charge in [-0.1, -0.05) is 18.9 Å². The SMILES string of the molecule is CN1CCN(c2ccc(C3(C(=O)O)CCCC3)cc2Br)CC1. The summed E-state index contributed by atoms with van der Waals surface area (Å²) in [5.74, 6) is -0.677. The third kappa shape index (κ3) is 2.76. The topological polar surface area (TPSA) is 43.8 Å². The number of piperazine rings is 1.